The van der Waals surface area contributed by atoms with Gasteiger partial charge < -0.3 is 5.11 Å². The fourth-order valence-electron chi connectivity index (χ4n) is 1.39. The van der Waals surface area contributed by atoms with E-state index in [-0.39, 0.29) is 0 Å². The molecular weight excluding hydrogens is 206 g/mol. The third-order valence-corrected chi connectivity index (χ3v) is 2.79. The van der Waals surface area contributed by atoms with E-state index in [2.05, 4.69) is 0 Å². The first-order chi connectivity index (χ1) is 7.48. The van der Waals surface area contributed by atoms with Crippen molar-refractivity contribution in [3.8, 4) is 0 Å². The first-order valence-corrected chi connectivity index (χ1v) is 5.15. The van der Waals surface area contributed by atoms with Gasteiger partial charge in [-0.1, -0.05) is 30.3 Å². The number of hydrogen-bond acceptors (Lipinski definition) is 3. The normalized spacial score (nSPS) is 13.2. The zero-order valence-corrected chi connectivity index (χ0v) is 9.47. The van der Waals surface area contributed by atoms with Crippen molar-refractivity contribution in [3.05, 3.63) is 35.9 Å². The molecule has 0 spiro atoms. The van der Waals surface area contributed by atoms with Crippen LogP contribution >= 0.6 is 0 Å². The van der Waals surface area contributed by atoms with Gasteiger partial charge in [0.15, 0.2) is 0 Å². The maximum atomic E-state index is 11.3. The van der Waals surface area contributed by atoms with Gasteiger partial charge in [0.1, 0.15) is 0 Å². The molecule has 0 heterocycles. The van der Waals surface area contributed by atoms with Gasteiger partial charge >= 0.3 is 0 Å². The van der Waals surface area contributed by atoms with E-state index < -0.39 is 17.4 Å². The highest BCUT2D eigenvalue weighted by Crippen LogP contribution is 2.23. The molecule has 0 saturated heterocycles. The zero-order valence-electron chi connectivity index (χ0n) is 9.47. The quantitative estimate of drug-likeness (QED) is 0.529. The lowest BCUT2D eigenvalue weighted by molar-refractivity contribution is -0.144. The summed E-state index contributed by atoms with van der Waals surface area (Å²) in [6.45, 7) is 3.18. The van der Waals surface area contributed by atoms with Gasteiger partial charge in [-0.25, -0.2) is 5.48 Å². The molecule has 0 saturated carbocycles. The van der Waals surface area contributed by atoms with Crippen LogP contribution in [0.2, 0.25) is 0 Å². The molecule has 0 aliphatic carbocycles. The number of nitrogens with one attached hydrogen (secondary N) is 1. The summed E-state index contributed by atoms with van der Waals surface area (Å²) >= 11 is 0. The largest absolute Gasteiger partial charge is 0.392 e. The van der Waals surface area contributed by atoms with Gasteiger partial charge in [0, 0.05) is 0 Å². The van der Waals surface area contributed by atoms with E-state index in [4.69, 9.17) is 5.21 Å². The summed E-state index contributed by atoms with van der Waals surface area (Å²) in [7, 11) is 0. The highest BCUT2D eigenvalue weighted by Gasteiger charge is 2.35. The molecule has 0 aliphatic heterocycles. The van der Waals surface area contributed by atoms with Crippen LogP contribution in [0.4, 0.5) is 0 Å². The van der Waals surface area contributed by atoms with E-state index in [1.165, 1.54) is 0 Å². The van der Waals surface area contributed by atoms with Crippen molar-refractivity contribution >= 4 is 5.91 Å². The van der Waals surface area contributed by atoms with Gasteiger partial charge in [0.25, 0.3) is 5.91 Å². The van der Waals surface area contributed by atoms with Crippen molar-refractivity contribution in [1.82, 2.24) is 5.48 Å². The molecule has 1 aromatic rings. The van der Waals surface area contributed by atoms with E-state index in [1.54, 1.807) is 19.3 Å². The number of aliphatic hydroxyl groups is 1. The number of hydroxylamine groups is 1. The maximum absolute atomic E-state index is 11.3. The third-order valence-electron chi connectivity index (χ3n) is 2.79. The van der Waals surface area contributed by atoms with Crippen LogP contribution in [0.25, 0.3) is 0 Å². The molecule has 0 bridgehead atoms. The lowest BCUT2D eigenvalue weighted by Crippen LogP contribution is -2.44. The monoisotopic (exact) mass is 223 g/mol. The number of carbonyl (C=O) groups excluding carboxylic acids is 1. The molecule has 0 radical (unpaired) electrons. The van der Waals surface area contributed by atoms with Crippen LogP contribution < -0.4 is 5.48 Å². The summed E-state index contributed by atoms with van der Waals surface area (Å²) in [5.74, 6) is -0.587. The Balaban J connectivity index is 2.72. The predicted molar refractivity (Wildman–Crippen MR) is 59.9 cm³/mol. The molecule has 1 rings (SSSR count). The highest BCUT2D eigenvalue weighted by atomic mass is 16.5. The van der Waals surface area contributed by atoms with Crippen LogP contribution in [0.5, 0.6) is 0 Å². The molecule has 0 aromatic heterocycles. The van der Waals surface area contributed by atoms with Crippen molar-refractivity contribution in [2.75, 3.05) is 0 Å². The van der Waals surface area contributed by atoms with E-state index in [9.17, 15) is 9.90 Å². The van der Waals surface area contributed by atoms with Crippen molar-refractivity contribution in [1.29, 1.82) is 0 Å². The highest BCUT2D eigenvalue weighted by molar-refractivity contribution is 5.81. The number of rotatable bonds is 4. The second kappa shape index (κ2) is 5.09. The van der Waals surface area contributed by atoms with Crippen LogP contribution in [0, 0.1) is 5.41 Å². The first kappa shape index (κ1) is 12.7. The van der Waals surface area contributed by atoms with Crippen molar-refractivity contribution in [3.63, 3.8) is 0 Å². The van der Waals surface area contributed by atoms with E-state index in [0.717, 1.165) is 5.56 Å². The summed E-state index contributed by atoms with van der Waals surface area (Å²) in [6.07, 6.45) is -0.469. The molecule has 0 aliphatic rings. The van der Waals surface area contributed by atoms with Crippen molar-refractivity contribution in [2.45, 2.75) is 26.4 Å². The summed E-state index contributed by atoms with van der Waals surface area (Å²) in [5, 5.41) is 18.5. The molecule has 0 fully saturated rings. The summed E-state index contributed by atoms with van der Waals surface area (Å²) in [6, 6.07) is 9.41. The Morgan fingerprint density at radius 3 is 2.44 bits per heavy atom. The smallest absolute Gasteiger partial charge is 0.251 e. The minimum absolute atomic E-state index is 0.376. The molecule has 1 unspecified atom stereocenters. The van der Waals surface area contributed by atoms with Crippen molar-refractivity contribution < 1.29 is 15.1 Å². The SMILES string of the molecule is CC(C)(C(=O)NO)C(O)Cc1ccccc1. The number of hydrogen-bond donors (Lipinski definition) is 3. The minimum atomic E-state index is -1.02. The summed E-state index contributed by atoms with van der Waals surface area (Å²) in [5.41, 5.74) is 1.50. The lowest BCUT2D eigenvalue weighted by Gasteiger charge is -2.28. The Labute approximate surface area is 94.9 Å². The minimum Gasteiger partial charge on any atom is -0.392 e. The van der Waals surface area contributed by atoms with Crippen LogP contribution in [0.1, 0.15) is 19.4 Å². The van der Waals surface area contributed by atoms with Crippen LogP contribution in [0.15, 0.2) is 30.3 Å². The summed E-state index contributed by atoms with van der Waals surface area (Å²) in [4.78, 5) is 11.3. The standard InChI is InChI=1S/C12H17NO3/c1-12(2,11(15)13-16)10(14)8-9-6-4-3-5-7-9/h3-7,10,14,16H,8H2,1-2H3,(H,13,15). The molecule has 1 atom stereocenters. The number of aliphatic hydroxyl groups excluding tert-OH is 1. The second-order valence-corrected chi connectivity index (χ2v) is 4.37. The Morgan fingerprint density at radius 1 is 1.38 bits per heavy atom. The maximum Gasteiger partial charge on any atom is 0.251 e. The molecule has 16 heavy (non-hydrogen) atoms. The molecule has 1 aromatic carbocycles. The van der Waals surface area contributed by atoms with E-state index >= 15 is 0 Å². The van der Waals surface area contributed by atoms with E-state index in [0.29, 0.717) is 6.42 Å². The Morgan fingerprint density at radius 2 is 1.94 bits per heavy atom. The fraction of sp³-hybridized carbons (Fsp3) is 0.417. The molecule has 4 nitrogen and oxygen atoms in total. The Bertz CT molecular complexity index is 349. The second-order valence-electron chi connectivity index (χ2n) is 4.37. The number of amides is 1. The molecule has 3 N–H and O–H groups in total. The Kier molecular flexibility index (Phi) is 4.04. The van der Waals surface area contributed by atoms with Gasteiger partial charge in [-0.05, 0) is 25.8 Å². The van der Waals surface area contributed by atoms with Gasteiger partial charge in [-0.3, -0.25) is 10.0 Å². The fourth-order valence-corrected chi connectivity index (χ4v) is 1.39. The van der Waals surface area contributed by atoms with Gasteiger partial charge in [-0.2, -0.15) is 0 Å². The van der Waals surface area contributed by atoms with Gasteiger partial charge in [0.2, 0.25) is 0 Å². The number of carbonyl (C=O) groups is 1. The van der Waals surface area contributed by atoms with Crippen LogP contribution in [-0.2, 0) is 11.2 Å². The zero-order chi connectivity index (χ0) is 12.2. The first-order valence-electron chi connectivity index (χ1n) is 5.15. The van der Waals surface area contributed by atoms with Crippen LogP contribution in [-0.4, -0.2) is 22.3 Å². The number of benzene rings is 1. The topological polar surface area (TPSA) is 69.6 Å². The molecule has 4 heteroatoms. The molecule has 88 valence electrons. The summed E-state index contributed by atoms with van der Waals surface area (Å²) < 4.78 is 0. The van der Waals surface area contributed by atoms with Gasteiger partial charge in [0.05, 0.1) is 11.5 Å². The Hall–Kier alpha value is -1.39. The average Bonchev–Trinajstić information content (AvgIpc) is 2.29. The van der Waals surface area contributed by atoms with Crippen LogP contribution in [0.3, 0.4) is 0 Å². The molecule has 1 amide bonds. The molecular formula is C12H17NO3. The van der Waals surface area contributed by atoms with Crippen molar-refractivity contribution in [2.24, 2.45) is 5.41 Å². The lowest BCUT2D eigenvalue weighted by atomic mass is 9.82. The predicted octanol–water partition coefficient (Wildman–Crippen LogP) is 1.12. The van der Waals surface area contributed by atoms with E-state index in [1.807, 2.05) is 30.3 Å². The average molecular weight is 223 g/mol. The third kappa shape index (κ3) is 2.81. The van der Waals surface area contributed by atoms with Gasteiger partial charge in [-0.15, -0.1) is 0 Å².